The molecule has 0 saturated carbocycles. The van der Waals surface area contributed by atoms with E-state index in [1.807, 2.05) is 0 Å². The van der Waals surface area contributed by atoms with Crippen molar-refractivity contribution < 1.29 is 19.5 Å². The smallest absolute Gasteiger partial charge is 0.329 e. The Labute approximate surface area is 133 Å². The molecule has 0 aromatic carbocycles. The van der Waals surface area contributed by atoms with Crippen molar-refractivity contribution in [3.8, 4) is 0 Å². The normalized spacial score (nSPS) is 13.5. The molecule has 22 heavy (non-hydrogen) atoms. The van der Waals surface area contributed by atoms with Gasteiger partial charge in [0.25, 0.3) is 0 Å². The SMILES string of the molecule is CCC(C)(NC(=O)Cc1csc(NC(=O)C(C)C)n1)C(=O)O. The summed E-state index contributed by atoms with van der Waals surface area (Å²) in [5.41, 5.74) is -0.799. The third-order valence-electron chi connectivity index (χ3n) is 3.24. The van der Waals surface area contributed by atoms with E-state index in [0.29, 0.717) is 10.8 Å². The van der Waals surface area contributed by atoms with Gasteiger partial charge in [-0.15, -0.1) is 11.3 Å². The van der Waals surface area contributed by atoms with E-state index in [-0.39, 0.29) is 24.7 Å². The largest absolute Gasteiger partial charge is 0.480 e. The number of aliphatic carboxylic acids is 1. The maximum Gasteiger partial charge on any atom is 0.329 e. The third kappa shape index (κ3) is 4.80. The van der Waals surface area contributed by atoms with Crippen LogP contribution < -0.4 is 10.6 Å². The van der Waals surface area contributed by atoms with Crippen molar-refractivity contribution in [2.24, 2.45) is 5.92 Å². The summed E-state index contributed by atoms with van der Waals surface area (Å²) in [4.78, 5) is 38.8. The fraction of sp³-hybridized carbons (Fsp3) is 0.571. The molecule has 0 fully saturated rings. The van der Waals surface area contributed by atoms with E-state index in [0.717, 1.165) is 0 Å². The molecular weight excluding hydrogens is 306 g/mol. The van der Waals surface area contributed by atoms with Crippen LogP contribution in [0.25, 0.3) is 0 Å². The Bertz CT molecular complexity index is 570. The molecule has 0 aliphatic rings. The van der Waals surface area contributed by atoms with Crippen molar-refractivity contribution in [1.29, 1.82) is 0 Å². The summed E-state index contributed by atoms with van der Waals surface area (Å²) >= 11 is 1.23. The maximum atomic E-state index is 11.9. The van der Waals surface area contributed by atoms with Crippen molar-refractivity contribution >= 4 is 34.3 Å². The van der Waals surface area contributed by atoms with Gasteiger partial charge in [-0.2, -0.15) is 0 Å². The van der Waals surface area contributed by atoms with Gasteiger partial charge in [0.2, 0.25) is 11.8 Å². The number of carboxylic acid groups (broad SMARTS) is 1. The first-order valence-electron chi connectivity index (χ1n) is 6.97. The highest BCUT2D eigenvalue weighted by molar-refractivity contribution is 7.13. The summed E-state index contributed by atoms with van der Waals surface area (Å²) < 4.78 is 0. The van der Waals surface area contributed by atoms with E-state index < -0.39 is 17.4 Å². The molecule has 1 rings (SSSR count). The Kier molecular flexibility index (Phi) is 6.04. The van der Waals surface area contributed by atoms with E-state index in [1.165, 1.54) is 18.3 Å². The zero-order valence-electron chi connectivity index (χ0n) is 13.1. The Balaban J connectivity index is 2.64. The molecule has 1 atom stereocenters. The van der Waals surface area contributed by atoms with Crippen LogP contribution in [0.2, 0.25) is 0 Å². The average molecular weight is 327 g/mol. The van der Waals surface area contributed by atoms with E-state index in [1.54, 1.807) is 26.2 Å². The Morgan fingerprint density at radius 1 is 1.41 bits per heavy atom. The molecule has 1 unspecified atom stereocenters. The highest BCUT2D eigenvalue weighted by Crippen LogP contribution is 2.17. The Hall–Kier alpha value is -1.96. The number of aromatic nitrogens is 1. The lowest BCUT2D eigenvalue weighted by Gasteiger charge is -2.24. The third-order valence-corrected chi connectivity index (χ3v) is 4.05. The average Bonchev–Trinajstić information content (AvgIpc) is 2.85. The number of rotatable bonds is 7. The van der Waals surface area contributed by atoms with Crippen LogP contribution in [-0.4, -0.2) is 33.4 Å². The van der Waals surface area contributed by atoms with Gasteiger partial charge in [-0.25, -0.2) is 9.78 Å². The van der Waals surface area contributed by atoms with Gasteiger partial charge in [-0.3, -0.25) is 9.59 Å². The highest BCUT2D eigenvalue weighted by Gasteiger charge is 2.32. The fourth-order valence-electron chi connectivity index (χ4n) is 1.50. The molecule has 122 valence electrons. The number of thiazole rings is 1. The molecule has 0 saturated heterocycles. The van der Waals surface area contributed by atoms with Crippen LogP contribution in [0.1, 0.15) is 39.8 Å². The van der Waals surface area contributed by atoms with E-state index in [9.17, 15) is 14.4 Å². The van der Waals surface area contributed by atoms with Crippen LogP contribution in [0.5, 0.6) is 0 Å². The molecule has 0 aliphatic heterocycles. The minimum absolute atomic E-state index is 0.0308. The molecule has 1 aromatic rings. The first-order chi connectivity index (χ1) is 10.2. The molecule has 0 spiro atoms. The van der Waals surface area contributed by atoms with Crippen molar-refractivity contribution in [2.45, 2.75) is 46.1 Å². The lowest BCUT2D eigenvalue weighted by molar-refractivity contribution is -0.146. The predicted octanol–water partition coefficient (Wildman–Crippen LogP) is 1.65. The molecule has 8 heteroatoms. The second kappa shape index (κ2) is 7.35. The summed E-state index contributed by atoms with van der Waals surface area (Å²) in [5, 5.41) is 16.4. The van der Waals surface area contributed by atoms with Crippen molar-refractivity contribution in [3.05, 3.63) is 11.1 Å². The summed E-state index contributed by atoms with van der Waals surface area (Å²) in [6, 6.07) is 0. The van der Waals surface area contributed by atoms with Gasteiger partial charge in [0.1, 0.15) is 5.54 Å². The van der Waals surface area contributed by atoms with Crippen molar-refractivity contribution in [2.75, 3.05) is 5.32 Å². The predicted molar refractivity (Wildman–Crippen MR) is 83.8 cm³/mol. The maximum absolute atomic E-state index is 11.9. The van der Waals surface area contributed by atoms with Crippen LogP contribution in [0.15, 0.2) is 5.38 Å². The number of nitrogens with zero attached hydrogens (tertiary/aromatic N) is 1. The molecule has 0 aliphatic carbocycles. The van der Waals surface area contributed by atoms with Crippen LogP contribution in [0, 0.1) is 5.92 Å². The molecule has 7 nitrogen and oxygen atoms in total. The minimum atomic E-state index is -1.29. The van der Waals surface area contributed by atoms with E-state index in [2.05, 4.69) is 15.6 Å². The molecule has 3 N–H and O–H groups in total. The molecule has 1 aromatic heterocycles. The van der Waals surface area contributed by atoms with Gasteiger partial charge < -0.3 is 15.7 Å². The number of anilines is 1. The van der Waals surface area contributed by atoms with Crippen LogP contribution in [0.3, 0.4) is 0 Å². The molecule has 0 radical (unpaired) electrons. The first-order valence-corrected chi connectivity index (χ1v) is 7.85. The van der Waals surface area contributed by atoms with Gasteiger partial charge in [0.05, 0.1) is 12.1 Å². The zero-order valence-corrected chi connectivity index (χ0v) is 13.9. The number of nitrogens with one attached hydrogen (secondary N) is 2. The van der Waals surface area contributed by atoms with Gasteiger partial charge in [0.15, 0.2) is 5.13 Å². The number of carboxylic acids is 1. The van der Waals surface area contributed by atoms with Crippen molar-refractivity contribution in [3.63, 3.8) is 0 Å². The van der Waals surface area contributed by atoms with Crippen LogP contribution >= 0.6 is 11.3 Å². The number of amides is 2. The fourth-order valence-corrected chi connectivity index (χ4v) is 2.22. The lowest BCUT2D eigenvalue weighted by atomic mass is 9.99. The van der Waals surface area contributed by atoms with Crippen LogP contribution in [0.4, 0.5) is 5.13 Å². The Morgan fingerprint density at radius 2 is 2.05 bits per heavy atom. The zero-order chi connectivity index (χ0) is 16.9. The summed E-state index contributed by atoms with van der Waals surface area (Å²) in [5.74, 6) is -1.79. The summed E-state index contributed by atoms with van der Waals surface area (Å²) in [6.07, 6.45) is 0.248. The van der Waals surface area contributed by atoms with Crippen LogP contribution in [-0.2, 0) is 20.8 Å². The van der Waals surface area contributed by atoms with Gasteiger partial charge in [-0.1, -0.05) is 20.8 Å². The lowest BCUT2D eigenvalue weighted by Crippen LogP contribution is -2.52. The van der Waals surface area contributed by atoms with E-state index >= 15 is 0 Å². The van der Waals surface area contributed by atoms with Gasteiger partial charge >= 0.3 is 5.97 Å². The highest BCUT2D eigenvalue weighted by atomic mass is 32.1. The standard InChI is InChI=1S/C14H21N3O4S/c1-5-14(4,12(20)21)17-10(18)6-9-7-22-13(15-9)16-11(19)8(2)3/h7-8H,5-6H2,1-4H3,(H,17,18)(H,20,21)(H,15,16,19). The minimum Gasteiger partial charge on any atom is -0.480 e. The second-order valence-electron chi connectivity index (χ2n) is 5.50. The number of carbonyl (C=O) groups excluding carboxylic acids is 2. The quantitative estimate of drug-likeness (QED) is 0.705. The second-order valence-corrected chi connectivity index (χ2v) is 6.36. The van der Waals surface area contributed by atoms with Gasteiger partial charge in [0, 0.05) is 11.3 Å². The summed E-state index contributed by atoms with van der Waals surface area (Å²) in [7, 11) is 0. The van der Waals surface area contributed by atoms with Gasteiger partial charge in [-0.05, 0) is 13.3 Å². The number of carbonyl (C=O) groups is 3. The molecule has 1 heterocycles. The Morgan fingerprint density at radius 3 is 2.55 bits per heavy atom. The molecule has 2 amide bonds. The molecular formula is C14H21N3O4S. The number of hydrogen-bond acceptors (Lipinski definition) is 5. The van der Waals surface area contributed by atoms with E-state index in [4.69, 9.17) is 5.11 Å². The monoisotopic (exact) mass is 327 g/mol. The topological polar surface area (TPSA) is 108 Å². The first kappa shape index (κ1) is 18.1. The molecule has 0 bridgehead atoms. The number of hydrogen-bond donors (Lipinski definition) is 3. The van der Waals surface area contributed by atoms with Crippen molar-refractivity contribution in [1.82, 2.24) is 10.3 Å². The summed E-state index contributed by atoms with van der Waals surface area (Å²) in [6.45, 7) is 6.70.